The average molecular weight is 354 g/mol. The molecule has 2 amide bonds. The van der Waals surface area contributed by atoms with Crippen LogP contribution in [-0.4, -0.2) is 37.1 Å². The van der Waals surface area contributed by atoms with Crippen LogP contribution in [0.5, 0.6) is 0 Å². The fraction of sp³-hybridized carbons (Fsp3) is 0.263. The van der Waals surface area contributed by atoms with Crippen LogP contribution in [0.3, 0.4) is 0 Å². The molecule has 1 aliphatic rings. The van der Waals surface area contributed by atoms with Gasteiger partial charge >= 0.3 is 0 Å². The number of rotatable bonds is 5. The molecular weight excluding hydrogens is 332 g/mol. The van der Waals surface area contributed by atoms with Crippen molar-refractivity contribution in [2.45, 2.75) is 12.0 Å². The smallest absolute Gasteiger partial charge is 0.265 e. The molecular formula is C19H22N4O3. The zero-order valence-corrected chi connectivity index (χ0v) is 14.3. The first kappa shape index (κ1) is 18.1. The maximum Gasteiger partial charge on any atom is 0.265 e. The van der Waals surface area contributed by atoms with Gasteiger partial charge in [-0.05, 0) is 29.8 Å². The van der Waals surface area contributed by atoms with Crippen molar-refractivity contribution in [3.05, 3.63) is 65.7 Å². The van der Waals surface area contributed by atoms with Crippen LogP contribution in [0.1, 0.15) is 15.9 Å². The number of hydrogen-bond acceptors (Lipinski definition) is 5. The normalized spacial score (nSPS) is 19.6. The van der Waals surface area contributed by atoms with Gasteiger partial charge in [-0.3, -0.25) is 15.0 Å². The van der Waals surface area contributed by atoms with Crippen LogP contribution in [-0.2, 0) is 16.0 Å². The quantitative estimate of drug-likeness (QED) is 0.362. The Balaban J connectivity index is 1.83. The summed E-state index contributed by atoms with van der Waals surface area (Å²) in [5.41, 5.74) is 3.03. The number of morpholine rings is 1. The lowest BCUT2D eigenvalue weighted by Crippen LogP contribution is -2.58. The van der Waals surface area contributed by atoms with Crippen LogP contribution >= 0.6 is 0 Å². The number of nitrogens with two attached hydrogens (primary N) is 1. The fourth-order valence-electron chi connectivity index (χ4n) is 3.00. The van der Waals surface area contributed by atoms with Crippen LogP contribution in [0.25, 0.3) is 0 Å². The summed E-state index contributed by atoms with van der Waals surface area (Å²) >= 11 is 0. The van der Waals surface area contributed by atoms with E-state index in [0.717, 1.165) is 5.56 Å². The molecule has 1 fully saturated rings. The van der Waals surface area contributed by atoms with Gasteiger partial charge in [0.25, 0.3) is 11.8 Å². The summed E-state index contributed by atoms with van der Waals surface area (Å²) in [4.78, 5) is 24.7. The molecule has 7 nitrogen and oxygen atoms in total. The van der Waals surface area contributed by atoms with Gasteiger partial charge in [-0.25, -0.2) is 5.84 Å². The number of benzene rings is 2. The minimum absolute atomic E-state index is 0.218. The summed E-state index contributed by atoms with van der Waals surface area (Å²) in [6.45, 7) is 1.51. The van der Waals surface area contributed by atoms with Crippen molar-refractivity contribution in [3.8, 4) is 0 Å². The van der Waals surface area contributed by atoms with E-state index in [-0.39, 0.29) is 11.8 Å². The van der Waals surface area contributed by atoms with E-state index in [4.69, 9.17) is 10.6 Å². The van der Waals surface area contributed by atoms with Crippen LogP contribution in [0.15, 0.2) is 54.6 Å². The van der Waals surface area contributed by atoms with E-state index in [9.17, 15) is 9.59 Å². The number of anilines is 1. The zero-order chi connectivity index (χ0) is 18.4. The van der Waals surface area contributed by atoms with Gasteiger partial charge in [0.1, 0.15) is 0 Å². The number of hydrogen-bond donors (Lipinski definition) is 4. The van der Waals surface area contributed by atoms with Crippen molar-refractivity contribution in [1.29, 1.82) is 0 Å². The van der Waals surface area contributed by atoms with Gasteiger partial charge in [0.15, 0.2) is 5.60 Å². The third-order valence-corrected chi connectivity index (χ3v) is 4.32. The highest BCUT2D eigenvalue weighted by Gasteiger charge is 2.41. The molecule has 7 heteroatoms. The van der Waals surface area contributed by atoms with Gasteiger partial charge in [-0.2, -0.15) is 0 Å². The minimum atomic E-state index is -1.05. The lowest BCUT2D eigenvalue weighted by atomic mass is 9.91. The number of nitrogens with one attached hydrogen (secondary N) is 3. The average Bonchev–Trinajstić information content (AvgIpc) is 2.69. The van der Waals surface area contributed by atoms with Crippen molar-refractivity contribution in [1.82, 2.24) is 10.7 Å². The monoisotopic (exact) mass is 354 g/mol. The molecule has 136 valence electrons. The van der Waals surface area contributed by atoms with E-state index in [1.165, 1.54) is 0 Å². The Labute approximate surface area is 151 Å². The first-order valence-corrected chi connectivity index (χ1v) is 8.44. The molecule has 2 aromatic rings. The Morgan fingerprint density at radius 2 is 1.96 bits per heavy atom. The van der Waals surface area contributed by atoms with Crippen molar-refractivity contribution in [2.75, 3.05) is 25.0 Å². The van der Waals surface area contributed by atoms with Gasteiger partial charge in [0.2, 0.25) is 0 Å². The standard InChI is InChI=1S/C19H22N4O3/c20-23-17(24)15-6-4-5-14(11-15)12-19(13-21-9-10-26-19)18(25)22-16-7-2-1-3-8-16/h1-8,11,21H,9-10,12-13,20H2,(H,22,25)(H,23,24). The van der Waals surface area contributed by atoms with Crippen LogP contribution in [0, 0.1) is 0 Å². The Hall–Kier alpha value is -2.74. The molecule has 0 spiro atoms. The van der Waals surface area contributed by atoms with Gasteiger partial charge < -0.3 is 15.4 Å². The molecule has 0 radical (unpaired) electrons. The maximum atomic E-state index is 13.0. The number of ether oxygens (including phenoxy) is 1. The number of para-hydroxylation sites is 1. The van der Waals surface area contributed by atoms with Crippen molar-refractivity contribution in [3.63, 3.8) is 0 Å². The number of carbonyl (C=O) groups is 2. The largest absolute Gasteiger partial charge is 0.362 e. The van der Waals surface area contributed by atoms with E-state index >= 15 is 0 Å². The summed E-state index contributed by atoms with van der Waals surface area (Å²) in [5.74, 6) is 4.60. The summed E-state index contributed by atoms with van der Waals surface area (Å²) in [6.07, 6.45) is 0.338. The molecule has 0 bridgehead atoms. The van der Waals surface area contributed by atoms with Crippen LogP contribution in [0.2, 0.25) is 0 Å². The second-order valence-corrected chi connectivity index (χ2v) is 6.19. The highest BCUT2D eigenvalue weighted by atomic mass is 16.5. The Morgan fingerprint density at radius 3 is 2.65 bits per heavy atom. The predicted molar refractivity (Wildman–Crippen MR) is 98.4 cm³/mol. The Kier molecular flexibility index (Phi) is 5.62. The highest BCUT2D eigenvalue weighted by molar-refractivity contribution is 5.98. The van der Waals surface area contributed by atoms with Gasteiger partial charge in [-0.1, -0.05) is 30.3 Å². The van der Waals surface area contributed by atoms with Gasteiger partial charge in [0.05, 0.1) is 6.61 Å². The molecule has 1 heterocycles. The molecule has 1 unspecified atom stereocenters. The van der Waals surface area contributed by atoms with Crippen molar-refractivity contribution < 1.29 is 14.3 Å². The lowest BCUT2D eigenvalue weighted by molar-refractivity contribution is -0.144. The molecule has 3 rings (SSSR count). The molecule has 0 saturated carbocycles. The summed E-state index contributed by atoms with van der Waals surface area (Å²) in [5, 5.41) is 6.14. The van der Waals surface area contributed by atoms with Crippen molar-refractivity contribution >= 4 is 17.5 Å². The third kappa shape index (κ3) is 4.08. The van der Waals surface area contributed by atoms with E-state index < -0.39 is 5.60 Å². The van der Waals surface area contributed by atoms with E-state index in [1.807, 2.05) is 36.4 Å². The summed E-state index contributed by atoms with van der Waals surface area (Å²) in [6, 6.07) is 16.3. The van der Waals surface area contributed by atoms with Gasteiger partial charge in [0, 0.05) is 30.8 Å². The molecule has 2 aromatic carbocycles. The Morgan fingerprint density at radius 1 is 1.15 bits per heavy atom. The van der Waals surface area contributed by atoms with Gasteiger partial charge in [-0.15, -0.1) is 0 Å². The van der Waals surface area contributed by atoms with E-state index in [2.05, 4.69) is 16.1 Å². The molecule has 26 heavy (non-hydrogen) atoms. The second kappa shape index (κ2) is 8.09. The van der Waals surface area contributed by atoms with E-state index in [0.29, 0.717) is 37.4 Å². The predicted octanol–water partition coefficient (Wildman–Crippen LogP) is 0.830. The molecule has 5 N–H and O–H groups in total. The fourth-order valence-corrected chi connectivity index (χ4v) is 3.00. The molecule has 1 saturated heterocycles. The van der Waals surface area contributed by atoms with E-state index in [1.54, 1.807) is 18.2 Å². The summed E-state index contributed by atoms with van der Waals surface area (Å²) < 4.78 is 5.93. The lowest BCUT2D eigenvalue weighted by Gasteiger charge is -2.36. The molecule has 0 aromatic heterocycles. The number of amides is 2. The topological polar surface area (TPSA) is 105 Å². The third-order valence-electron chi connectivity index (χ3n) is 4.32. The SMILES string of the molecule is NNC(=O)c1cccc(CC2(C(=O)Nc3ccccc3)CNCCO2)c1. The first-order valence-electron chi connectivity index (χ1n) is 8.44. The second-order valence-electron chi connectivity index (χ2n) is 6.19. The summed E-state index contributed by atoms with van der Waals surface area (Å²) in [7, 11) is 0. The molecule has 1 aliphatic heterocycles. The first-order chi connectivity index (χ1) is 12.6. The van der Waals surface area contributed by atoms with Crippen LogP contribution < -0.4 is 21.9 Å². The zero-order valence-electron chi connectivity index (χ0n) is 14.3. The number of nitrogen functional groups attached to an aromatic ring is 1. The number of carbonyl (C=O) groups excluding carboxylic acids is 2. The number of hydrazine groups is 1. The Bertz CT molecular complexity index is 773. The highest BCUT2D eigenvalue weighted by Crippen LogP contribution is 2.23. The van der Waals surface area contributed by atoms with Crippen molar-refractivity contribution in [2.24, 2.45) is 5.84 Å². The minimum Gasteiger partial charge on any atom is -0.362 e. The molecule has 0 aliphatic carbocycles. The van der Waals surface area contributed by atoms with Crippen LogP contribution in [0.4, 0.5) is 5.69 Å². The maximum absolute atomic E-state index is 13.0. The molecule has 1 atom stereocenters.